The molecule has 1 fully saturated rings. The van der Waals surface area contributed by atoms with Crippen molar-refractivity contribution in [3.63, 3.8) is 0 Å². The van der Waals surface area contributed by atoms with E-state index in [1.165, 1.54) is 0 Å². The summed E-state index contributed by atoms with van der Waals surface area (Å²) in [4.78, 5) is 6.91. The van der Waals surface area contributed by atoms with Crippen LogP contribution in [0.2, 0.25) is 0 Å². The van der Waals surface area contributed by atoms with Crippen LogP contribution >= 0.6 is 11.8 Å². The highest BCUT2D eigenvalue weighted by atomic mass is 32.2. The fourth-order valence-corrected chi connectivity index (χ4v) is 3.00. The summed E-state index contributed by atoms with van der Waals surface area (Å²) in [7, 11) is 0. The Morgan fingerprint density at radius 3 is 2.74 bits per heavy atom. The minimum Gasteiger partial charge on any atom is -0.338 e. The minimum atomic E-state index is 0.221. The lowest BCUT2D eigenvalue weighted by atomic mass is 10.2. The molecule has 2 rings (SSSR count). The van der Waals surface area contributed by atoms with Gasteiger partial charge < -0.3 is 9.84 Å². The van der Waals surface area contributed by atoms with Crippen LogP contribution in [0, 0.1) is 5.92 Å². The predicted molar refractivity (Wildman–Crippen MR) is 78.2 cm³/mol. The maximum absolute atomic E-state index is 5.40. The van der Waals surface area contributed by atoms with Gasteiger partial charge in [0.2, 0.25) is 5.89 Å². The summed E-state index contributed by atoms with van der Waals surface area (Å²) in [6, 6.07) is 0.221. The molecular formula is C13H24N4OS. The minimum absolute atomic E-state index is 0.221. The van der Waals surface area contributed by atoms with Crippen molar-refractivity contribution in [2.75, 3.05) is 31.9 Å². The largest absolute Gasteiger partial charge is 0.338 e. The maximum Gasteiger partial charge on any atom is 0.243 e. The number of nitrogens with zero attached hydrogens (tertiary/aromatic N) is 3. The van der Waals surface area contributed by atoms with E-state index in [-0.39, 0.29) is 6.04 Å². The highest BCUT2D eigenvalue weighted by molar-refractivity contribution is 7.98. The molecule has 1 N–H and O–H groups in total. The molecule has 6 heteroatoms. The molecule has 0 aromatic carbocycles. The Hall–Kier alpha value is -0.590. The first kappa shape index (κ1) is 14.8. The first-order chi connectivity index (χ1) is 9.16. The van der Waals surface area contributed by atoms with E-state index in [1.54, 1.807) is 0 Å². The molecule has 0 amide bonds. The van der Waals surface area contributed by atoms with Gasteiger partial charge in [-0.3, -0.25) is 4.90 Å². The van der Waals surface area contributed by atoms with Crippen molar-refractivity contribution in [1.82, 2.24) is 20.4 Å². The Morgan fingerprint density at radius 2 is 2.05 bits per heavy atom. The smallest absolute Gasteiger partial charge is 0.243 e. The van der Waals surface area contributed by atoms with Gasteiger partial charge >= 0.3 is 0 Å². The number of aromatic nitrogens is 2. The molecule has 0 bridgehead atoms. The number of nitrogens with one attached hydrogen (secondary N) is 1. The van der Waals surface area contributed by atoms with Crippen molar-refractivity contribution in [2.45, 2.75) is 32.6 Å². The van der Waals surface area contributed by atoms with Gasteiger partial charge in [0.05, 0.1) is 11.8 Å². The number of piperazine rings is 1. The molecular weight excluding hydrogens is 260 g/mol. The first-order valence-corrected chi connectivity index (χ1v) is 8.17. The molecule has 1 unspecified atom stereocenters. The van der Waals surface area contributed by atoms with Crippen molar-refractivity contribution >= 4 is 11.8 Å². The Morgan fingerprint density at radius 1 is 1.32 bits per heavy atom. The molecule has 0 spiro atoms. The predicted octanol–water partition coefficient (Wildman–Crippen LogP) is 1.92. The van der Waals surface area contributed by atoms with Gasteiger partial charge in [-0.15, -0.1) is 0 Å². The molecule has 1 atom stereocenters. The summed E-state index contributed by atoms with van der Waals surface area (Å²) in [5.41, 5.74) is 0. The Kier molecular flexibility index (Phi) is 5.66. The van der Waals surface area contributed by atoms with Crippen LogP contribution < -0.4 is 5.32 Å². The average Bonchev–Trinajstić information content (AvgIpc) is 2.87. The van der Waals surface area contributed by atoms with E-state index < -0.39 is 0 Å². The quantitative estimate of drug-likeness (QED) is 0.861. The first-order valence-electron chi connectivity index (χ1n) is 7.02. The van der Waals surface area contributed by atoms with Crippen molar-refractivity contribution in [3.8, 4) is 0 Å². The molecule has 0 radical (unpaired) electrons. The molecule has 5 nitrogen and oxygen atoms in total. The Balaban J connectivity index is 1.85. The van der Waals surface area contributed by atoms with Crippen LogP contribution in [0.4, 0.5) is 0 Å². The van der Waals surface area contributed by atoms with E-state index in [0.29, 0.717) is 5.92 Å². The molecule has 2 heterocycles. The molecule has 108 valence electrons. The van der Waals surface area contributed by atoms with E-state index in [4.69, 9.17) is 4.52 Å². The summed E-state index contributed by atoms with van der Waals surface area (Å²) in [6.07, 6.45) is 0. The summed E-state index contributed by atoms with van der Waals surface area (Å²) < 4.78 is 5.40. The van der Waals surface area contributed by atoms with Crippen molar-refractivity contribution in [3.05, 3.63) is 11.7 Å². The molecule has 19 heavy (non-hydrogen) atoms. The van der Waals surface area contributed by atoms with Gasteiger partial charge in [0, 0.05) is 26.2 Å². The zero-order valence-electron chi connectivity index (χ0n) is 12.1. The molecule has 0 aliphatic carbocycles. The van der Waals surface area contributed by atoms with Crippen molar-refractivity contribution in [2.24, 2.45) is 5.92 Å². The van der Waals surface area contributed by atoms with E-state index in [2.05, 4.69) is 41.1 Å². The second-order valence-corrected chi connectivity index (χ2v) is 6.45. The SMILES string of the molecule is CC(C)CSCc1noc(C(C)N2CCNCC2)n1. The zero-order chi connectivity index (χ0) is 13.7. The molecule has 1 aromatic rings. The number of hydrogen-bond donors (Lipinski definition) is 1. The third kappa shape index (κ3) is 4.47. The molecule has 0 saturated carbocycles. The van der Waals surface area contributed by atoms with Gasteiger partial charge in [0.15, 0.2) is 5.82 Å². The van der Waals surface area contributed by atoms with Crippen LogP contribution in [-0.2, 0) is 5.75 Å². The van der Waals surface area contributed by atoms with Crippen LogP contribution in [0.1, 0.15) is 38.5 Å². The third-order valence-corrected chi connectivity index (χ3v) is 4.59. The van der Waals surface area contributed by atoms with Gasteiger partial charge in [-0.1, -0.05) is 19.0 Å². The molecule has 1 saturated heterocycles. The van der Waals surface area contributed by atoms with Crippen LogP contribution in [0.15, 0.2) is 4.52 Å². The van der Waals surface area contributed by atoms with Gasteiger partial charge in [-0.2, -0.15) is 16.7 Å². The monoisotopic (exact) mass is 284 g/mol. The zero-order valence-corrected chi connectivity index (χ0v) is 12.9. The Bertz CT molecular complexity index is 376. The van der Waals surface area contributed by atoms with Crippen molar-refractivity contribution in [1.29, 1.82) is 0 Å². The lowest BCUT2D eigenvalue weighted by Crippen LogP contribution is -2.44. The van der Waals surface area contributed by atoms with E-state index in [9.17, 15) is 0 Å². The van der Waals surface area contributed by atoms with Crippen LogP contribution in [0.5, 0.6) is 0 Å². The van der Waals surface area contributed by atoms with E-state index in [0.717, 1.165) is 49.4 Å². The lowest BCUT2D eigenvalue weighted by Gasteiger charge is -2.30. The second-order valence-electron chi connectivity index (χ2n) is 5.42. The number of hydrogen-bond acceptors (Lipinski definition) is 6. The summed E-state index contributed by atoms with van der Waals surface area (Å²) in [5, 5.41) is 7.43. The van der Waals surface area contributed by atoms with Gasteiger partial charge in [-0.25, -0.2) is 0 Å². The van der Waals surface area contributed by atoms with E-state index in [1.807, 2.05) is 11.8 Å². The Labute approximate surface area is 119 Å². The fourth-order valence-electron chi connectivity index (χ4n) is 2.11. The third-order valence-electron chi connectivity index (χ3n) is 3.22. The summed E-state index contributed by atoms with van der Waals surface area (Å²) in [5.74, 6) is 4.26. The van der Waals surface area contributed by atoms with Crippen LogP contribution in [0.3, 0.4) is 0 Å². The average molecular weight is 284 g/mol. The van der Waals surface area contributed by atoms with Gasteiger partial charge in [-0.05, 0) is 18.6 Å². The standard InChI is InChI=1S/C13H24N4OS/c1-10(2)8-19-9-12-15-13(18-16-12)11(3)17-6-4-14-5-7-17/h10-11,14H,4-9H2,1-3H3. The van der Waals surface area contributed by atoms with Crippen molar-refractivity contribution < 1.29 is 4.52 Å². The van der Waals surface area contributed by atoms with Gasteiger partial charge in [0.1, 0.15) is 0 Å². The number of thioether (sulfide) groups is 1. The molecule has 1 aromatic heterocycles. The fraction of sp³-hybridized carbons (Fsp3) is 0.846. The normalized spacial score (nSPS) is 18.9. The van der Waals surface area contributed by atoms with E-state index >= 15 is 0 Å². The van der Waals surface area contributed by atoms with Crippen LogP contribution in [-0.4, -0.2) is 47.0 Å². The summed E-state index contributed by atoms with van der Waals surface area (Å²) >= 11 is 1.87. The summed E-state index contributed by atoms with van der Waals surface area (Å²) in [6.45, 7) is 10.7. The van der Waals surface area contributed by atoms with Gasteiger partial charge in [0.25, 0.3) is 0 Å². The highest BCUT2D eigenvalue weighted by Gasteiger charge is 2.22. The molecule has 1 aliphatic rings. The number of rotatable bonds is 6. The maximum atomic E-state index is 5.40. The lowest BCUT2D eigenvalue weighted by molar-refractivity contribution is 0.154. The highest BCUT2D eigenvalue weighted by Crippen LogP contribution is 2.20. The second kappa shape index (κ2) is 7.26. The van der Waals surface area contributed by atoms with Crippen LogP contribution in [0.25, 0.3) is 0 Å². The topological polar surface area (TPSA) is 54.2 Å². The molecule has 1 aliphatic heterocycles.